The van der Waals surface area contributed by atoms with E-state index >= 15 is 0 Å². The third kappa shape index (κ3) is 6.47. The molecule has 170 valence electrons. The first-order valence-corrected chi connectivity index (χ1v) is 10.7. The standard InChI is InChI=1S/C24H32N6O2/c1-24(2,3)32-23(31)28-18-12-10-17(11-13-18)14-15-26-22(25-4)27-16-21-29-19-8-6-7-9-20(19)30(21)5/h6-13H,14-16H2,1-5H3,(H,28,31)(H2,25,26,27). The molecule has 0 aliphatic heterocycles. The fourth-order valence-electron chi connectivity index (χ4n) is 3.24. The second-order valence-corrected chi connectivity index (χ2v) is 8.50. The van der Waals surface area contributed by atoms with E-state index in [9.17, 15) is 4.79 Å². The van der Waals surface area contributed by atoms with Gasteiger partial charge in [0.15, 0.2) is 5.96 Å². The fraction of sp³-hybridized carbons (Fsp3) is 0.375. The van der Waals surface area contributed by atoms with Gasteiger partial charge in [-0.15, -0.1) is 0 Å². The average Bonchev–Trinajstić information content (AvgIpc) is 3.06. The third-order valence-electron chi connectivity index (χ3n) is 4.82. The Labute approximate surface area is 189 Å². The normalized spacial score (nSPS) is 12.0. The van der Waals surface area contributed by atoms with E-state index in [1.54, 1.807) is 7.05 Å². The molecule has 1 heterocycles. The number of guanidine groups is 1. The van der Waals surface area contributed by atoms with E-state index in [0.717, 1.165) is 41.3 Å². The fourth-order valence-corrected chi connectivity index (χ4v) is 3.24. The highest BCUT2D eigenvalue weighted by Gasteiger charge is 2.16. The van der Waals surface area contributed by atoms with Gasteiger partial charge in [0.25, 0.3) is 0 Å². The summed E-state index contributed by atoms with van der Waals surface area (Å²) in [7, 11) is 3.77. The number of nitrogens with one attached hydrogen (secondary N) is 3. The van der Waals surface area contributed by atoms with Crippen LogP contribution in [0, 0.1) is 0 Å². The molecule has 0 unspecified atom stereocenters. The van der Waals surface area contributed by atoms with E-state index < -0.39 is 11.7 Å². The van der Waals surface area contributed by atoms with Crippen LogP contribution in [0.4, 0.5) is 10.5 Å². The zero-order valence-corrected chi connectivity index (χ0v) is 19.4. The molecule has 0 aliphatic rings. The van der Waals surface area contributed by atoms with E-state index in [1.165, 1.54) is 0 Å². The quantitative estimate of drug-likeness (QED) is 0.403. The number of anilines is 1. The molecular formula is C24H32N6O2. The van der Waals surface area contributed by atoms with Gasteiger partial charge in [-0.1, -0.05) is 24.3 Å². The van der Waals surface area contributed by atoms with Crippen molar-refractivity contribution in [1.82, 2.24) is 20.2 Å². The monoisotopic (exact) mass is 436 g/mol. The number of imidazole rings is 1. The van der Waals surface area contributed by atoms with Crippen molar-refractivity contribution >= 4 is 28.8 Å². The second kappa shape index (κ2) is 10.2. The van der Waals surface area contributed by atoms with Crippen LogP contribution in [-0.2, 0) is 24.8 Å². The Bertz CT molecular complexity index is 1080. The largest absolute Gasteiger partial charge is 0.444 e. The van der Waals surface area contributed by atoms with Gasteiger partial charge in [-0.25, -0.2) is 9.78 Å². The van der Waals surface area contributed by atoms with E-state index in [-0.39, 0.29) is 0 Å². The molecule has 0 atom stereocenters. The lowest BCUT2D eigenvalue weighted by atomic mass is 10.1. The van der Waals surface area contributed by atoms with Crippen LogP contribution in [0.15, 0.2) is 53.5 Å². The predicted octanol–water partition coefficient (Wildman–Crippen LogP) is 3.83. The molecule has 1 aromatic heterocycles. The molecule has 0 saturated carbocycles. The highest BCUT2D eigenvalue weighted by Crippen LogP contribution is 2.14. The van der Waals surface area contributed by atoms with Gasteiger partial charge in [0.1, 0.15) is 11.4 Å². The van der Waals surface area contributed by atoms with E-state index in [2.05, 4.69) is 36.6 Å². The van der Waals surface area contributed by atoms with Crippen molar-refractivity contribution in [2.45, 2.75) is 39.3 Å². The van der Waals surface area contributed by atoms with Crippen LogP contribution in [0.2, 0.25) is 0 Å². The van der Waals surface area contributed by atoms with Crippen molar-refractivity contribution in [1.29, 1.82) is 0 Å². The zero-order chi connectivity index (χ0) is 23.1. The number of para-hydroxylation sites is 2. The lowest BCUT2D eigenvalue weighted by Gasteiger charge is -2.19. The van der Waals surface area contributed by atoms with E-state index in [1.807, 2.05) is 70.3 Å². The first-order valence-electron chi connectivity index (χ1n) is 10.7. The number of ether oxygens (including phenoxy) is 1. The zero-order valence-electron chi connectivity index (χ0n) is 19.4. The van der Waals surface area contributed by atoms with Crippen molar-refractivity contribution in [2.75, 3.05) is 18.9 Å². The number of benzene rings is 2. The van der Waals surface area contributed by atoms with Gasteiger partial charge in [-0.3, -0.25) is 10.3 Å². The molecule has 2 aromatic carbocycles. The number of nitrogens with zero attached hydrogens (tertiary/aromatic N) is 3. The number of hydrogen-bond acceptors (Lipinski definition) is 4. The lowest BCUT2D eigenvalue weighted by molar-refractivity contribution is 0.0636. The van der Waals surface area contributed by atoms with Gasteiger partial charge < -0.3 is 19.9 Å². The Morgan fingerprint density at radius 2 is 1.81 bits per heavy atom. The first kappa shape index (κ1) is 23.1. The van der Waals surface area contributed by atoms with Gasteiger partial charge in [0.2, 0.25) is 0 Å². The summed E-state index contributed by atoms with van der Waals surface area (Å²) in [6.07, 6.45) is 0.363. The molecule has 1 amide bonds. The molecule has 0 spiro atoms. The molecule has 3 aromatic rings. The van der Waals surface area contributed by atoms with Crippen molar-refractivity contribution < 1.29 is 9.53 Å². The predicted molar refractivity (Wildman–Crippen MR) is 129 cm³/mol. The van der Waals surface area contributed by atoms with Crippen molar-refractivity contribution in [3.05, 3.63) is 59.9 Å². The molecule has 3 rings (SSSR count). The van der Waals surface area contributed by atoms with Gasteiger partial charge in [-0.05, 0) is 57.0 Å². The highest BCUT2D eigenvalue weighted by molar-refractivity contribution is 5.84. The number of rotatable bonds is 6. The van der Waals surface area contributed by atoms with E-state index in [0.29, 0.717) is 12.2 Å². The summed E-state index contributed by atoms with van der Waals surface area (Å²) in [5, 5.41) is 9.38. The van der Waals surface area contributed by atoms with Crippen molar-refractivity contribution in [2.24, 2.45) is 12.0 Å². The number of aliphatic imine (C=N–C) groups is 1. The van der Waals surface area contributed by atoms with Crippen molar-refractivity contribution in [3.8, 4) is 0 Å². The Hall–Kier alpha value is -3.55. The molecule has 0 aliphatic carbocycles. The summed E-state index contributed by atoms with van der Waals surface area (Å²) >= 11 is 0. The maximum atomic E-state index is 11.9. The Morgan fingerprint density at radius 3 is 2.47 bits per heavy atom. The van der Waals surface area contributed by atoms with Crippen LogP contribution in [0.3, 0.4) is 0 Å². The van der Waals surface area contributed by atoms with Crippen LogP contribution in [-0.4, -0.2) is 40.8 Å². The maximum Gasteiger partial charge on any atom is 0.412 e. The van der Waals surface area contributed by atoms with Gasteiger partial charge in [0, 0.05) is 26.3 Å². The highest BCUT2D eigenvalue weighted by atomic mass is 16.6. The Balaban J connectivity index is 1.45. The minimum Gasteiger partial charge on any atom is -0.444 e. The van der Waals surface area contributed by atoms with Gasteiger partial charge >= 0.3 is 6.09 Å². The summed E-state index contributed by atoms with van der Waals surface area (Å²) < 4.78 is 7.35. The smallest absolute Gasteiger partial charge is 0.412 e. The number of carbonyl (C=O) groups excluding carboxylic acids is 1. The molecular weight excluding hydrogens is 404 g/mol. The second-order valence-electron chi connectivity index (χ2n) is 8.50. The topological polar surface area (TPSA) is 92.6 Å². The number of carbonyl (C=O) groups is 1. The van der Waals surface area contributed by atoms with Crippen LogP contribution in [0.1, 0.15) is 32.2 Å². The molecule has 0 fully saturated rings. The Kier molecular flexibility index (Phi) is 7.35. The van der Waals surface area contributed by atoms with Crippen molar-refractivity contribution in [3.63, 3.8) is 0 Å². The molecule has 3 N–H and O–H groups in total. The molecule has 0 radical (unpaired) electrons. The summed E-state index contributed by atoms with van der Waals surface area (Å²) in [5.41, 5.74) is 3.43. The Morgan fingerprint density at radius 1 is 1.09 bits per heavy atom. The summed E-state index contributed by atoms with van der Waals surface area (Å²) in [6, 6.07) is 15.8. The average molecular weight is 437 g/mol. The van der Waals surface area contributed by atoms with Crippen LogP contribution < -0.4 is 16.0 Å². The van der Waals surface area contributed by atoms with Gasteiger partial charge in [0.05, 0.1) is 17.6 Å². The van der Waals surface area contributed by atoms with Crippen LogP contribution >= 0.6 is 0 Å². The molecule has 0 saturated heterocycles. The number of hydrogen-bond donors (Lipinski definition) is 3. The minimum atomic E-state index is -0.522. The summed E-state index contributed by atoms with van der Waals surface area (Å²) in [6.45, 7) is 6.81. The van der Waals surface area contributed by atoms with Gasteiger partial charge in [-0.2, -0.15) is 0 Å². The SMILES string of the molecule is CN=C(NCCc1ccc(NC(=O)OC(C)(C)C)cc1)NCc1nc2ccccc2n1C. The first-order chi connectivity index (χ1) is 15.2. The molecule has 32 heavy (non-hydrogen) atoms. The summed E-state index contributed by atoms with van der Waals surface area (Å²) in [4.78, 5) is 20.8. The molecule has 8 heteroatoms. The number of fused-ring (bicyclic) bond motifs is 1. The molecule has 0 bridgehead atoms. The third-order valence-corrected chi connectivity index (χ3v) is 4.82. The number of amides is 1. The summed E-state index contributed by atoms with van der Waals surface area (Å²) in [5.74, 6) is 1.67. The minimum absolute atomic E-state index is 0.456. The van der Waals surface area contributed by atoms with Crippen LogP contribution in [0.25, 0.3) is 11.0 Å². The van der Waals surface area contributed by atoms with E-state index in [4.69, 9.17) is 4.74 Å². The number of aromatic nitrogens is 2. The number of aryl methyl sites for hydroxylation is 1. The lowest BCUT2D eigenvalue weighted by Crippen LogP contribution is -2.38. The maximum absolute atomic E-state index is 11.9. The molecule has 8 nitrogen and oxygen atoms in total. The van der Waals surface area contributed by atoms with Crippen LogP contribution in [0.5, 0.6) is 0 Å².